The molecule has 6 heteroatoms. The number of hydrogen-bond acceptors (Lipinski definition) is 4. The fraction of sp³-hybridized carbons (Fsp3) is 0.273. The quantitative estimate of drug-likeness (QED) is 0.554. The van der Waals surface area contributed by atoms with Gasteiger partial charge in [0.25, 0.3) is 0 Å². The molecule has 0 aliphatic heterocycles. The number of amides is 1. The third kappa shape index (κ3) is 5.05. The zero-order chi connectivity index (χ0) is 13.4. The van der Waals surface area contributed by atoms with Gasteiger partial charge < -0.3 is 0 Å². The summed E-state index contributed by atoms with van der Waals surface area (Å²) < 4.78 is 6.96. The second-order valence-corrected chi connectivity index (χ2v) is 5.23. The molecule has 0 aliphatic rings. The number of aliphatic hydroxyl groups excluding tert-OH is 1. The molecule has 1 rings (SSSR count). The second-order valence-electron chi connectivity index (χ2n) is 3.30. The van der Waals surface area contributed by atoms with Crippen LogP contribution >= 0.6 is 8.93 Å². The molecule has 0 saturated carbocycles. The summed E-state index contributed by atoms with van der Waals surface area (Å²) in [6.07, 6.45) is -1.02. The van der Waals surface area contributed by atoms with E-state index in [1.807, 2.05) is 0 Å². The Morgan fingerprint density at radius 1 is 1.47 bits per heavy atom. The van der Waals surface area contributed by atoms with Gasteiger partial charge in [0.05, 0.1) is 0 Å². The van der Waals surface area contributed by atoms with Gasteiger partial charge >= 0.3 is 117 Å². The van der Waals surface area contributed by atoms with Crippen molar-refractivity contribution in [1.82, 2.24) is 5.32 Å². The predicted molar refractivity (Wildman–Crippen MR) is 63.0 cm³/mol. The number of carbonyl (C=O) groups is 2. The summed E-state index contributed by atoms with van der Waals surface area (Å²) in [6, 6.07) is 8.60. The molecule has 0 aromatic heterocycles. The van der Waals surface area contributed by atoms with Gasteiger partial charge in [-0.3, -0.25) is 0 Å². The first kappa shape index (κ1) is 12.8. The van der Waals surface area contributed by atoms with Crippen molar-refractivity contribution in [3.63, 3.8) is 0 Å². The molecule has 2 N–H and O–H groups in total. The minimum absolute atomic E-state index is 0.0905. The van der Waals surface area contributed by atoms with Gasteiger partial charge in [-0.1, -0.05) is 0 Å². The number of aliphatic hydroxyl groups is 1. The van der Waals surface area contributed by atoms with Gasteiger partial charge in [-0.2, -0.15) is 0 Å². The van der Waals surface area contributed by atoms with Gasteiger partial charge in [-0.05, 0) is 0 Å². The molecule has 0 spiro atoms. The number of benzene rings is 1. The molecule has 1 aromatic carbocycles. The average molecular weight is 368 g/mol. The zero-order valence-corrected chi connectivity index (χ0v) is 11.9. The molecule has 4 nitrogen and oxygen atoms in total. The van der Waals surface area contributed by atoms with Crippen molar-refractivity contribution in [2.24, 2.45) is 0 Å². The monoisotopic (exact) mass is 368 g/mol. The molecule has 0 unspecified atom stereocenters. The molecule has 0 saturated heterocycles. The third-order valence-corrected chi connectivity index (χ3v) is 3.93. The molecular formula is C11H13INO3S-. The van der Waals surface area contributed by atoms with Gasteiger partial charge in [-0.25, -0.2) is 0 Å². The van der Waals surface area contributed by atoms with Crippen LogP contribution in [0.25, 0.3) is 0 Å². The number of halogens is 1. The van der Waals surface area contributed by atoms with Crippen LogP contribution in [0.2, 0.25) is 0 Å². The predicted octanol–water partition coefficient (Wildman–Crippen LogP) is -2.31. The van der Waals surface area contributed by atoms with Crippen molar-refractivity contribution in [1.29, 1.82) is 0.594 Å². The van der Waals surface area contributed by atoms with E-state index in [4.69, 9.17) is 0.594 Å². The van der Waals surface area contributed by atoms with E-state index in [0.717, 1.165) is 8.93 Å². The number of carbonyl (C=O) groups excluding carboxylic acids is 2. The summed E-state index contributed by atoms with van der Waals surface area (Å²) in [7, 11) is 1.01. The molecule has 1 amide bonds. The third-order valence-electron chi connectivity index (χ3n) is 2.08. The van der Waals surface area contributed by atoms with E-state index in [9.17, 15) is 14.7 Å². The molecule has 1 aromatic rings. The van der Waals surface area contributed by atoms with Crippen molar-refractivity contribution < 1.29 is 35.7 Å². The topological polar surface area (TPSA) is 66.4 Å². The van der Waals surface area contributed by atoms with E-state index in [2.05, 4.69) is 5.32 Å². The second kappa shape index (κ2) is 7.67. The van der Waals surface area contributed by atoms with Crippen LogP contribution in [0, 0.1) is 0 Å². The van der Waals surface area contributed by atoms with Crippen LogP contribution in [0.15, 0.2) is 30.3 Å². The fourth-order valence-electron chi connectivity index (χ4n) is 1.21. The van der Waals surface area contributed by atoms with E-state index < -0.39 is 33.0 Å². The van der Waals surface area contributed by atoms with Crippen LogP contribution in [-0.4, -0.2) is 23.3 Å². The van der Waals surface area contributed by atoms with Gasteiger partial charge in [0.2, 0.25) is 0 Å². The normalized spacial score (nSPS) is 12.9. The summed E-state index contributed by atoms with van der Waals surface area (Å²) in [4.78, 5) is 22.7. The van der Waals surface area contributed by atoms with Crippen LogP contribution < -0.4 is 26.3 Å². The van der Waals surface area contributed by atoms with E-state index in [1.54, 1.807) is 30.3 Å². The molecule has 0 bridgehead atoms. The Morgan fingerprint density at radius 3 is 2.82 bits per heavy atom. The first-order valence-electron chi connectivity index (χ1n) is 5.35. The van der Waals surface area contributed by atoms with Gasteiger partial charge in [0.1, 0.15) is 0 Å². The van der Waals surface area contributed by atoms with Gasteiger partial charge in [0.15, 0.2) is 0 Å². The Kier molecular flexibility index (Phi) is 5.80. The van der Waals surface area contributed by atoms with E-state index in [-0.39, 0.29) is 18.1 Å². The maximum absolute atomic E-state index is 11.6. The summed E-state index contributed by atoms with van der Waals surface area (Å²) >= 11 is -0.861. The van der Waals surface area contributed by atoms with Crippen LogP contribution in [-0.2, 0) is 9.59 Å². The maximum atomic E-state index is 11.6. The molecule has 1 atom stereocenters. The van der Waals surface area contributed by atoms with Crippen LogP contribution in [0.3, 0.4) is 0 Å². The summed E-state index contributed by atoms with van der Waals surface area (Å²) in [5, 5.41) is 12.1. The van der Waals surface area contributed by atoms with Gasteiger partial charge in [0, 0.05) is 0 Å². The Labute approximate surface area is 116 Å². The van der Waals surface area contributed by atoms with Crippen LogP contribution in [0.4, 0.5) is 0 Å². The van der Waals surface area contributed by atoms with Crippen molar-refractivity contribution >= 4 is 20.0 Å². The van der Waals surface area contributed by atoms with Crippen LogP contribution in [0.5, 0.6) is 0 Å². The van der Waals surface area contributed by atoms with Crippen molar-refractivity contribution in [2.75, 3.05) is 6.54 Å². The molecule has 0 radical (unpaired) electrons. The number of nitrogens with one attached hydrogen (secondary N) is 1. The molecule has 0 aliphatic carbocycles. The molecular weight excluding hydrogens is 353 g/mol. The molecule has 94 valence electrons. The summed E-state index contributed by atoms with van der Waals surface area (Å²) in [5.41, 5.74) is 0.521. The fourth-order valence-corrected chi connectivity index (χ4v) is 2.05. The number of rotatable bonds is 6. The average Bonchev–Trinajstić information content (AvgIpc) is 2.39. The number of hydrogen-bond donors (Lipinski definition) is 2. The van der Waals surface area contributed by atoms with E-state index in [0.29, 0.717) is 5.56 Å². The minimum atomic E-state index is -1.21. The van der Waals surface area contributed by atoms with Crippen molar-refractivity contribution in [3.8, 4) is 0 Å². The standard InChI is InChI=1S/C11H13INO3S/c12-17-9(14)6-7-13-11(16)10(15)8-4-2-1-3-5-8/h1-5,10,12,15H,6-7H2,(H,13,16)/q-1/t10-/m0/s1/i12T. The Hall–Kier alpha value is -0.600. The molecule has 0 fully saturated rings. The first-order chi connectivity index (χ1) is 8.65. The Bertz CT molecular complexity index is 405. The van der Waals surface area contributed by atoms with E-state index >= 15 is 0 Å². The van der Waals surface area contributed by atoms with Gasteiger partial charge in [-0.15, -0.1) is 0 Å². The molecule has 17 heavy (non-hydrogen) atoms. The summed E-state index contributed by atoms with van der Waals surface area (Å²) in [5.74, 6) is -0.514. The molecule has 0 heterocycles. The zero-order valence-electron chi connectivity index (χ0n) is 9.93. The van der Waals surface area contributed by atoms with Crippen molar-refractivity contribution in [2.45, 2.75) is 12.5 Å². The van der Waals surface area contributed by atoms with Crippen molar-refractivity contribution in [3.05, 3.63) is 35.9 Å². The Balaban J connectivity index is 2.35. The first-order valence-corrected chi connectivity index (χ1v) is 8.33. The van der Waals surface area contributed by atoms with E-state index in [1.165, 1.54) is 0 Å². The Morgan fingerprint density at radius 2 is 2.18 bits per heavy atom. The summed E-state index contributed by atoms with van der Waals surface area (Å²) in [6.45, 7) is 0.193. The van der Waals surface area contributed by atoms with Crippen LogP contribution in [0.1, 0.15) is 18.1 Å². The SMILES string of the molecule is [3H][I-]SC(=O)CCNC(=O)[C@@H](O)c1ccccc1.